The molecule has 0 aliphatic carbocycles. The molecule has 0 saturated heterocycles. The molecule has 0 radical (unpaired) electrons. The van der Waals surface area contributed by atoms with E-state index < -0.39 is 0 Å². The molecule has 1 aromatic carbocycles. The molecule has 0 atom stereocenters. The highest BCUT2D eigenvalue weighted by Crippen LogP contribution is 2.25. The number of halogens is 1. The lowest BCUT2D eigenvalue weighted by molar-refractivity contribution is 0.112. The van der Waals surface area contributed by atoms with Crippen molar-refractivity contribution in [2.24, 2.45) is 0 Å². The van der Waals surface area contributed by atoms with Crippen LogP contribution < -0.4 is 4.90 Å². The molecule has 0 bridgehead atoms. The molecule has 0 aliphatic rings. The van der Waals surface area contributed by atoms with E-state index in [1.807, 2.05) is 24.0 Å². The van der Waals surface area contributed by atoms with Gasteiger partial charge in [0.25, 0.3) is 0 Å². The molecule has 2 nitrogen and oxygen atoms in total. The highest BCUT2D eigenvalue weighted by atomic mass is 35.5. The Morgan fingerprint density at radius 3 is 2.87 bits per heavy atom. The number of anilines is 1. The van der Waals surface area contributed by atoms with E-state index in [1.54, 1.807) is 6.07 Å². The van der Waals surface area contributed by atoms with Crippen molar-refractivity contribution in [2.45, 2.75) is 6.92 Å². The number of nitrogens with zero attached hydrogens (tertiary/aromatic N) is 1. The SMILES string of the molecule is C#CCN(CC)c1cccc(Cl)c1C=O. The van der Waals surface area contributed by atoms with Crippen molar-refractivity contribution >= 4 is 23.6 Å². The van der Waals surface area contributed by atoms with Crippen molar-refractivity contribution in [3.05, 3.63) is 28.8 Å². The Balaban J connectivity index is 3.17. The van der Waals surface area contributed by atoms with Gasteiger partial charge in [-0.25, -0.2) is 0 Å². The van der Waals surface area contributed by atoms with Gasteiger partial charge in [-0.1, -0.05) is 23.6 Å². The molecule has 15 heavy (non-hydrogen) atoms. The van der Waals surface area contributed by atoms with Crippen LogP contribution in [0.5, 0.6) is 0 Å². The fourth-order valence-electron chi connectivity index (χ4n) is 1.40. The largest absolute Gasteiger partial charge is 0.360 e. The van der Waals surface area contributed by atoms with E-state index >= 15 is 0 Å². The van der Waals surface area contributed by atoms with Gasteiger partial charge in [0.05, 0.1) is 17.1 Å². The molecule has 0 heterocycles. The molecule has 0 aromatic heterocycles. The molecule has 1 aromatic rings. The second kappa shape index (κ2) is 5.43. The Bertz CT molecular complexity index is 395. The van der Waals surface area contributed by atoms with Crippen LogP contribution in [0.15, 0.2) is 18.2 Å². The number of rotatable bonds is 4. The predicted octanol–water partition coefficient (Wildman–Crippen LogP) is 2.61. The van der Waals surface area contributed by atoms with Gasteiger partial charge in [-0.15, -0.1) is 6.42 Å². The summed E-state index contributed by atoms with van der Waals surface area (Å²) >= 11 is 5.92. The Kier molecular flexibility index (Phi) is 4.20. The molecular weight excluding hydrogens is 210 g/mol. The van der Waals surface area contributed by atoms with Crippen LogP contribution in [0.3, 0.4) is 0 Å². The van der Waals surface area contributed by atoms with Crippen molar-refractivity contribution in [1.29, 1.82) is 0 Å². The second-order valence-electron chi connectivity index (χ2n) is 3.01. The summed E-state index contributed by atoms with van der Waals surface area (Å²) in [6, 6.07) is 5.35. The zero-order chi connectivity index (χ0) is 11.3. The quantitative estimate of drug-likeness (QED) is 0.576. The van der Waals surface area contributed by atoms with E-state index in [9.17, 15) is 4.79 Å². The third kappa shape index (κ3) is 2.51. The van der Waals surface area contributed by atoms with Gasteiger partial charge in [0.2, 0.25) is 0 Å². The first-order valence-corrected chi connectivity index (χ1v) is 5.04. The van der Waals surface area contributed by atoms with Crippen molar-refractivity contribution in [3.8, 4) is 12.3 Å². The summed E-state index contributed by atoms with van der Waals surface area (Å²) in [6.07, 6.45) is 6.02. The first kappa shape index (κ1) is 11.6. The van der Waals surface area contributed by atoms with Gasteiger partial charge in [0, 0.05) is 12.2 Å². The highest BCUT2D eigenvalue weighted by molar-refractivity contribution is 6.33. The first-order valence-electron chi connectivity index (χ1n) is 4.66. The lowest BCUT2D eigenvalue weighted by atomic mass is 10.1. The van der Waals surface area contributed by atoms with Gasteiger partial charge in [-0.05, 0) is 19.1 Å². The van der Waals surface area contributed by atoms with Gasteiger partial charge in [-0.2, -0.15) is 0 Å². The number of hydrogen-bond acceptors (Lipinski definition) is 2. The van der Waals surface area contributed by atoms with Crippen molar-refractivity contribution < 1.29 is 4.79 Å². The minimum absolute atomic E-state index is 0.456. The maximum absolute atomic E-state index is 10.9. The fraction of sp³-hybridized carbons (Fsp3) is 0.250. The van der Waals surface area contributed by atoms with Crippen LogP contribution in [0.2, 0.25) is 5.02 Å². The number of carbonyl (C=O) groups is 1. The molecule has 1 rings (SSSR count). The molecule has 0 aliphatic heterocycles. The first-order chi connectivity index (χ1) is 7.24. The molecule has 0 spiro atoms. The van der Waals surface area contributed by atoms with E-state index in [0.29, 0.717) is 17.1 Å². The minimum atomic E-state index is 0.456. The van der Waals surface area contributed by atoms with E-state index in [1.165, 1.54) is 0 Å². The number of terminal acetylenes is 1. The van der Waals surface area contributed by atoms with Crippen LogP contribution in [0, 0.1) is 12.3 Å². The maximum Gasteiger partial charge on any atom is 0.153 e. The van der Waals surface area contributed by atoms with Crippen LogP contribution in [-0.4, -0.2) is 19.4 Å². The van der Waals surface area contributed by atoms with Crippen LogP contribution >= 0.6 is 11.6 Å². The lowest BCUT2D eigenvalue weighted by Crippen LogP contribution is -2.24. The number of carbonyl (C=O) groups excluding carboxylic acids is 1. The van der Waals surface area contributed by atoms with Crippen LogP contribution in [0.4, 0.5) is 5.69 Å². The van der Waals surface area contributed by atoms with E-state index in [2.05, 4.69) is 5.92 Å². The Labute approximate surface area is 94.8 Å². The summed E-state index contributed by atoms with van der Waals surface area (Å²) in [5, 5.41) is 0.456. The summed E-state index contributed by atoms with van der Waals surface area (Å²) in [5.74, 6) is 2.55. The van der Waals surface area contributed by atoms with Crippen molar-refractivity contribution in [2.75, 3.05) is 18.0 Å². The number of benzene rings is 1. The van der Waals surface area contributed by atoms with Crippen molar-refractivity contribution in [3.63, 3.8) is 0 Å². The Morgan fingerprint density at radius 2 is 2.33 bits per heavy atom. The van der Waals surface area contributed by atoms with Crippen LogP contribution in [0.25, 0.3) is 0 Å². The van der Waals surface area contributed by atoms with Gasteiger partial charge in [0.1, 0.15) is 0 Å². The van der Waals surface area contributed by atoms with Crippen LogP contribution in [-0.2, 0) is 0 Å². The molecule has 0 N–H and O–H groups in total. The molecule has 0 unspecified atom stereocenters. The predicted molar refractivity (Wildman–Crippen MR) is 63.6 cm³/mol. The zero-order valence-corrected chi connectivity index (χ0v) is 9.29. The van der Waals surface area contributed by atoms with E-state index in [-0.39, 0.29) is 0 Å². The maximum atomic E-state index is 10.9. The molecule has 0 saturated carbocycles. The zero-order valence-electron chi connectivity index (χ0n) is 8.53. The molecule has 78 valence electrons. The van der Waals surface area contributed by atoms with Gasteiger partial charge in [-0.3, -0.25) is 4.79 Å². The van der Waals surface area contributed by atoms with Gasteiger partial charge < -0.3 is 4.90 Å². The monoisotopic (exact) mass is 221 g/mol. The molecule has 0 fully saturated rings. The smallest absolute Gasteiger partial charge is 0.153 e. The summed E-state index contributed by atoms with van der Waals surface area (Å²) < 4.78 is 0. The van der Waals surface area contributed by atoms with Gasteiger partial charge >= 0.3 is 0 Å². The Morgan fingerprint density at radius 1 is 1.60 bits per heavy atom. The molecule has 0 amide bonds. The van der Waals surface area contributed by atoms with Crippen LogP contribution in [0.1, 0.15) is 17.3 Å². The summed E-state index contributed by atoms with van der Waals surface area (Å²) in [6.45, 7) is 3.19. The highest BCUT2D eigenvalue weighted by Gasteiger charge is 2.10. The topological polar surface area (TPSA) is 20.3 Å². The second-order valence-corrected chi connectivity index (χ2v) is 3.42. The average Bonchev–Trinajstić information content (AvgIpc) is 2.25. The lowest BCUT2D eigenvalue weighted by Gasteiger charge is -2.22. The minimum Gasteiger partial charge on any atom is -0.360 e. The normalized spacial score (nSPS) is 9.40. The van der Waals surface area contributed by atoms with E-state index in [0.717, 1.165) is 18.5 Å². The summed E-state index contributed by atoms with van der Waals surface area (Å²) in [7, 11) is 0. The average molecular weight is 222 g/mol. The third-order valence-electron chi connectivity index (χ3n) is 2.15. The van der Waals surface area contributed by atoms with E-state index in [4.69, 9.17) is 18.0 Å². The summed E-state index contributed by atoms with van der Waals surface area (Å²) in [5.41, 5.74) is 1.29. The number of aldehydes is 1. The molecule has 3 heteroatoms. The standard InChI is InChI=1S/C12H12ClNO/c1-3-8-14(4-2)12-7-5-6-11(13)10(12)9-15/h1,5-7,9H,4,8H2,2H3. The third-order valence-corrected chi connectivity index (χ3v) is 2.48. The van der Waals surface area contributed by atoms with Crippen molar-refractivity contribution in [1.82, 2.24) is 0 Å². The van der Waals surface area contributed by atoms with Gasteiger partial charge in [0.15, 0.2) is 6.29 Å². The number of hydrogen-bond donors (Lipinski definition) is 0. The fourth-order valence-corrected chi connectivity index (χ4v) is 1.61. The molecular formula is C12H12ClNO. The summed E-state index contributed by atoms with van der Waals surface area (Å²) in [4.78, 5) is 12.8. The Hall–Kier alpha value is -1.46.